The van der Waals surface area contributed by atoms with Gasteiger partial charge < -0.3 is 20.8 Å². The SMILES string of the molecule is CC(NC(=O)c1cccc(Cl)c1Cl)C(=O)NCC(C)(O)C(=O)O. The van der Waals surface area contributed by atoms with Crippen LogP contribution in [-0.4, -0.2) is 46.2 Å². The summed E-state index contributed by atoms with van der Waals surface area (Å²) in [7, 11) is 0. The number of carboxylic acid groups (broad SMARTS) is 1. The van der Waals surface area contributed by atoms with E-state index in [-0.39, 0.29) is 15.6 Å². The minimum absolute atomic E-state index is 0.0630. The number of hydrogen-bond acceptors (Lipinski definition) is 4. The van der Waals surface area contributed by atoms with Crippen LogP contribution in [-0.2, 0) is 9.59 Å². The zero-order valence-corrected chi connectivity index (χ0v) is 13.9. The third-order valence-corrected chi connectivity index (χ3v) is 3.82. The van der Waals surface area contributed by atoms with Crippen molar-refractivity contribution in [3.8, 4) is 0 Å². The first-order chi connectivity index (χ1) is 10.6. The number of carbonyl (C=O) groups is 3. The minimum Gasteiger partial charge on any atom is -0.479 e. The van der Waals surface area contributed by atoms with Crippen LogP contribution < -0.4 is 10.6 Å². The molecule has 0 aliphatic rings. The van der Waals surface area contributed by atoms with Crippen LogP contribution in [0.1, 0.15) is 24.2 Å². The average Bonchev–Trinajstić information content (AvgIpc) is 2.47. The van der Waals surface area contributed by atoms with Crippen LogP contribution in [0.25, 0.3) is 0 Å². The van der Waals surface area contributed by atoms with E-state index in [1.807, 2.05) is 0 Å². The first-order valence-corrected chi connectivity index (χ1v) is 7.30. The summed E-state index contributed by atoms with van der Waals surface area (Å²) in [5, 5.41) is 23.2. The van der Waals surface area contributed by atoms with Crippen LogP contribution in [0.4, 0.5) is 0 Å². The Labute approximate surface area is 142 Å². The molecule has 4 N–H and O–H groups in total. The zero-order chi connectivity index (χ0) is 17.8. The van der Waals surface area contributed by atoms with Crippen molar-refractivity contribution in [2.45, 2.75) is 25.5 Å². The molecule has 0 aliphatic carbocycles. The van der Waals surface area contributed by atoms with Crippen LogP contribution >= 0.6 is 23.2 Å². The molecule has 1 aromatic rings. The summed E-state index contributed by atoms with van der Waals surface area (Å²) in [6.45, 7) is 1.95. The van der Waals surface area contributed by atoms with Crippen LogP contribution in [0.15, 0.2) is 18.2 Å². The number of aliphatic carboxylic acids is 1. The summed E-state index contributed by atoms with van der Waals surface area (Å²) in [4.78, 5) is 34.6. The van der Waals surface area contributed by atoms with E-state index in [0.29, 0.717) is 0 Å². The first-order valence-electron chi connectivity index (χ1n) is 6.54. The molecule has 2 atom stereocenters. The number of nitrogens with one attached hydrogen (secondary N) is 2. The molecule has 7 nitrogen and oxygen atoms in total. The molecule has 23 heavy (non-hydrogen) atoms. The van der Waals surface area contributed by atoms with Gasteiger partial charge in [-0.1, -0.05) is 29.3 Å². The number of rotatable bonds is 6. The smallest absolute Gasteiger partial charge is 0.337 e. The Balaban J connectivity index is 2.66. The highest BCUT2D eigenvalue weighted by atomic mass is 35.5. The van der Waals surface area contributed by atoms with Gasteiger partial charge in [-0.15, -0.1) is 0 Å². The Kier molecular flexibility index (Phi) is 6.37. The van der Waals surface area contributed by atoms with Crippen molar-refractivity contribution in [1.29, 1.82) is 0 Å². The van der Waals surface area contributed by atoms with Crippen molar-refractivity contribution < 1.29 is 24.6 Å². The molecular formula is C14H16Cl2N2O5. The first kappa shape index (κ1) is 19.2. The summed E-state index contributed by atoms with van der Waals surface area (Å²) in [5.74, 6) is -2.73. The molecule has 0 fully saturated rings. The second kappa shape index (κ2) is 7.63. The summed E-state index contributed by atoms with van der Waals surface area (Å²) < 4.78 is 0. The highest BCUT2D eigenvalue weighted by molar-refractivity contribution is 6.43. The van der Waals surface area contributed by atoms with E-state index < -0.39 is 36.0 Å². The van der Waals surface area contributed by atoms with Gasteiger partial charge in [0.25, 0.3) is 5.91 Å². The topological polar surface area (TPSA) is 116 Å². The Hall–Kier alpha value is -1.83. The standard InChI is InChI=1S/C14H16Cl2N2O5/c1-7(11(19)17-6-14(2,23)13(21)22)18-12(20)8-4-3-5-9(15)10(8)16/h3-5,7,23H,6H2,1-2H3,(H,17,19)(H,18,20)(H,21,22). The molecule has 126 valence electrons. The number of carbonyl (C=O) groups excluding carboxylic acids is 2. The normalized spacial score (nSPS) is 14.5. The maximum Gasteiger partial charge on any atom is 0.337 e. The van der Waals surface area contributed by atoms with E-state index in [0.717, 1.165) is 6.92 Å². The second-order valence-electron chi connectivity index (χ2n) is 5.09. The van der Waals surface area contributed by atoms with Crippen molar-refractivity contribution in [2.24, 2.45) is 0 Å². The molecule has 0 spiro atoms. The van der Waals surface area contributed by atoms with Gasteiger partial charge in [0.1, 0.15) is 6.04 Å². The van der Waals surface area contributed by atoms with E-state index in [2.05, 4.69) is 10.6 Å². The molecule has 1 rings (SSSR count). The van der Waals surface area contributed by atoms with Gasteiger partial charge in [-0.05, 0) is 26.0 Å². The van der Waals surface area contributed by atoms with Crippen molar-refractivity contribution in [1.82, 2.24) is 10.6 Å². The third kappa shape index (κ3) is 5.09. The predicted molar refractivity (Wildman–Crippen MR) is 84.7 cm³/mol. The van der Waals surface area contributed by atoms with E-state index in [4.69, 9.17) is 28.3 Å². The average molecular weight is 363 g/mol. The number of aliphatic hydroxyl groups is 1. The van der Waals surface area contributed by atoms with Crippen molar-refractivity contribution in [2.75, 3.05) is 6.54 Å². The summed E-state index contributed by atoms with van der Waals surface area (Å²) in [5.41, 5.74) is -1.99. The third-order valence-electron chi connectivity index (χ3n) is 3.00. The predicted octanol–water partition coefficient (Wildman–Crippen LogP) is 1.06. The molecule has 0 radical (unpaired) electrons. The molecular weight excluding hydrogens is 347 g/mol. The monoisotopic (exact) mass is 362 g/mol. The van der Waals surface area contributed by atoms with Gasteiger partial charge in [0.15, 0.2) is 5.60 Å². The Morgan fingerprint density at radius 3 is 2.48 bits per heavy atom. The minimum atomic E-state index is -2.10. The lowest BCUT2D eigenvalue weighted by Crippen LogP contribution is -2.51. The lowest BCUT2D eigenvalue weighted by Gasteiger charge is -2.20. The fraction of sp³-hybridized carbons (Fsp3) is 0.357. The van der Waals surface area contributed by atoms with Gasteiger partial charge in [-0.3, -0.25) is 9.59 Å². The molecule has 1 aromatic carbocycles. The quantitative estimate of drug-likeness (QED) is 0.603. The lowest BCUT2D eigenvalue weighted by molar-refractivity contribution is -0.156. The van der Waals surface area contributed by atoms with Gasteiger partial charge in [-0.25, -0.2) is 4.79 Å². The van der Waals surface area contributed by atoms with Gasteiger partial charge in [0, 0.05) is 0 Å². The van der Waals surface area contributed by atoms with E-state index >= 15 is 0 Å². The highest BCUT2D eigenvalue weighted by Crippen LogP contribution is 2.25. The molecule has 0 aromatic heterocycles. The Morgan fingerprint density at radius 2 is 1.91 bits per heavy atom. The second-order valence-corrected chi connectivity index (χ2v) is 5.88. The molecule has 0 aliphatic heterocycles. The molecule has 0 saturated heterocycles. The van der Waals surface area contributed by atoms with Gasteiger partial charge in [0.2, 0.25) is 5.91 Å². The molecule has 2 unspecified atom stereocenters. The summed E-state index contributed by atoms with van der Waals surface area (Å²) >= 11 is 11.7. The number of hydrogen-bond donors (Lipinski definition) is 4. The molecule has 9 heteroatoms. The Bertz CT molecular complexity index is 634. The molecule has 0 bridgehead atoms. The molecule has 0 saturated carbocycles. The summed E-state index contributed by atoms with van der Waals surface area (Å²) in [6, 6.07) is 3.54. The Morgan fingerprint density at radius 1 is 1.30 bits per heavy atom. The van der Waals surface area contributed by atoms with E-state index in [9.17, 15) is 19.5 Å². The van der Waals surface area contributed by atoms with Crippen molar-refractivity contribution in [3.05, 3.63) is 33.8 Å². The van der Waals surface area contributed by atoms with Crippen LogP contribution in [0.2, 0.25) is 10.0 Å². The van der Waals surface area contributed by atoms with Gasteiger partial charge >= 0.3 is 5.97 Å². The molecule has 2 amide bonds. The van der Waals surface area contributed by atoms with Crippen molar-refractivity contribution in [3.63, 3.8) is 0 Å². The zero-order valence-electron chi connectivity index (χ0n) is 12.4. The number of amides is 2. The number of carboxylic acids is 1. The van der Waals surface area contributed by atoms with Crippen LogP contribution in [0, 0.1) is 0 Å². The maximum atomic E-state index is 12.1. The van der Waals surface area contributed by atoms with E-state index in [1.54, 1.807) is 0 Å². The molecule has 0 heterocycles. The highest BCUT2D eigenvalue weighted by Gasteiger charge is 2.31. The van der Waals surface area contributed by atoms with Crippen LogP contribution in [0.5, 0.6) is 0 Å². The summed E-state index contributed by atoms with van der Waals surface area (Å²) in [6.07, 6.45) is 0. The lowest BCUT2D eigenvalue weighted by atomic mass is 10.1. The maximum absolute atomic E-state index is 12.1. The van der Waals surface area contributed by atoms with Crippen molar-refractivity contribution >= 4 is 41.0 Å². The van der Waals surface area contributed by atoms with Gasteiger partial charge in [-0.2, -0.15) is 0 Å². The van der Waals surface area contributed by atoms with E-state index in [1.165, 1.54) is 25.1 Å². The fourth-order valence-electron chi connectivity index (χ4n) is 1.51. The van der Waals surface area contributed by atoms with Gasteiger partial charge in [0.05, 0.1) is 22.2 Å². The number of benzene rings is 1. The largest absolute Gasteiger partial charge is 0.479 e. The van der Waals surface area contributed by atoms with Crippen LogP contribution in [0.3, 0.4) is 0 Å². The fourth-order valence-corrected chi connectivity index (χ4v) is 1.89. The number of halogens is 2.